The van der Waals surface area contributed by atoms with Crippen LogP contribution >= 0.6 is 11.6 Å². The number of nitrogens with zero attached hydrogens (tertiary/aromatic N) is 4. The summed E-state index contributed by atoms with van der Waals surface area (Å²) in [6.07, 6.45) is 2.65. The molecule has 79 heavy (non-hydrogen) atoms. The number of piperazine rings is 1. The first-order valence-electron chi connectivity index (χ1n) is 25.9. The van der Waals surface area contributed by atoms with Crippen LogP contribution in [0, 0.1) is 0 Å². The van der Waals surface area contributed by atoms with Crippen molar-refractivity contribution >= 4 is 104 Å². The van der Waals surface area contributed by atoms with Gasteiger partial charge in [0.05, 0.1) is 5.69 Å². The number of likely N-dealkylation sites (N-methyl/N-ethyl adjacent to an activating group) is 1. The number of hydrogen-bond donors (Lipinski definition) is 8. The van der Waals surface area contributed by atoms with Gasteiger partial charge in [-0.15, -0.1) is 11.6 Å². The maximum absolute atomic E-state index is 14.4. The number of carbonyl (C=O) groups is 9. The van der Waals surface area contributed by atoms with Gasteiger partial charge in [-0.1, -0.05) is 36.4 Å². The molecule has 9 N–H and O–H groups in total. The third kappa shape index (κ3) is 13.9. The smallest absolute Gasteiger partial charge is 0.409 e. The van der Waals surface area contributed by atoms with E-state index < -0.39 is 53.7 Å². The van der Waals surface area contributed by atoms with Gasteiger partial charge < -0.3 is 62.1 Å². The Morgan fingerprint density at radius 3 is 2.23 bits per heavy atom. The molecule has 1 fully saturated rings. The zero-order valence-corrected chi connectivity index (χ0v) is 44.6. The molecule has 5 aromatic rings. The molecule has 3 atom stereocenters. The first-order valence-corrected chi connectivity index (χ1v) is 26.5. The molecule has 0 saturated carbocycles. The summed E-state index contributed by atoms with van der Waals surface area (Å²) < 4.78 is 6.05. The summed E-state index contributed by atoms with van der Waals surface area (Å²) in [7, 11) is 2.01. The van der Waals surface area contributed by atoms with Gasteiger partial charge in [-0.05, 0) is 92.7 Å². The van der Waals surface area contributed by atoms with E-state index in [9.17, 15) is 43.2 Å². The van der Waals surface area contributed by atoms with E-state index in [1.54, 1.807) is 47.1 Å². The van der Waals surface area contributed by atoms with Gasteiger partial charge in [-0.2, -0.15) is 0 Å². The summed E-state index contributed by atoms with van der Waals surface area (Å²) in [5, 5.41) is 18.9. The molecule has 0 unspecified atom stereocenters. The Bertz CT molecular complexity index is 3210. The summed E-state index contributed by atoms with van der Waals surface area (Å²) in [6.45, 7) is 8.96. The molecule has 1 saturated heterocycles. The second kappa shape index (κ2) is 25.7. The standard InChI is InChI=1S/C56H63ClN12O10/c1-33(2)50(60-22-21-59-46(70)11-7-23-68-47(71)18-19-48(68)72)53(75)65-42(10-6-20-61-55(58)77)52(74)62-37-14-12-34(13-15-37)51(73)63-38-16-17-41-35(28-38)29-43(64-41)54(76)69-32-36(31-57)49-40-9-5-4-8-39(40)45(30-44(49)69)79-56(78)67-26-24-66(3)25-27-67/h4-5,8-9,12-19,28-30,36,42,50,60,64H,1,6-7,10-11,20-27,31-32H2,2-3H3,(H,59,70)(H,62,74)(H,63,73)(H,65,75)(H3,58,61,77)/t36-,42+,50+/m1/s1. The number of nitrogens with one attached hydrogen (secondary N) is 7. The highest BCUT2D eigenvalue weighted by Crippen LogP contribution is 2.46. The molecule has 3 aliphatic heterocycles. The fourth-order valence-electron chi connectivity index (χ4n) is 9.66. The monoisotopic (exact) mass is 1100 g/mol. The number of alkyl halides is 1. The van der Waals surface area contributed by atoms with E-state index in [2.05, 4.69) is 48.4 Å². The van der Waals surface area contributed by atoms with Crippen molar-refractivity contribution in [2.45, 2.75) is 50.6 Å². The van der Waals surface area contributed by atoms with Crippen molar-refractivity contribution in [1.82, 2.24) is 41.0 Å². The van der Waals surface area contributed by atoms with Crippen LogP contribution in [0.5, 0.6) is 5.75 Å². The minimum Gasteiger partial charge on any atom is -0.409 e. The molecule has 8 rings (SSSR count). The van der Waals surface area contributed by atoms with Gasteiger partial charge in [0.1, 0.15) is 23.5 Å². The molecule has 414 valence electrons. The molecule has 0 aliphatic carbocycles. The number of aromatic amines is 1. The second-order valence-electron chi connectivity index (χ2n) is 19.6. The van der Waals surface area contributed by atoms with Crippen molar-refractivity contribution in [3.63, 3.8) is 0 Å². The van der Waals surface area contributed by atoms with Gasteiger partial charge in [0.25, 0.3) is 23.6 Å². The van der Waals surface area contributed by atoms with Gasteiger partial charge in [-0.25, -0.2) is 9.59 Å². The number of amides is 10. The van der Waals surface area contributed by atoms with E-state index >= 15 is 0 Å². The van der Waals surface area contributed by atoms with Crippen LogP contribution in [0.1, 0.15) is 64.9 Å². The Balaban J connectivity index is 0.871. The first-order chi connectivity index (χ1) is 38.0. The lowest BCUT2D eigenvalue weighted by molar-refractivity contribution is -0.137. The lowest BCUT2D eigenvalue weighted by atomic mass is 9.95. The highest BCUT2D eigenvalue weighted by Gasteiger charge is 2.36. The molecule has 22 nitrogen and oxygen atoms in total. The molecular formula is C56H63ClN12O10. The van der Waals surface area contributed by atoms with Gasteiger partial charge >= 0.3 is 12.1 Å². The van der Waals surface area contributed by atoms with Crippen molar-refractivity contribution in [2.24, 2.45) is 5.73 Å². The Morgan fingerprint density at radius 2 is 1.53 bits per heavy atom. The zero-order valence-electron chi connectivity index (χ0n) is 43.8. The number of primary amides is 1. The average molecular weight is 1100 g/mol. The maximum atomic E-state index is 14.4. The van der Waals surface area contributed by atoms with E-state index in [1.165, 1.54) is 36.4 Å². The number of nitrogens with two attached hydrogens (primary N) is 1. The quantitative estimate of drug-likeness (QED) is 0.0205. The van der Waals surface area contributed by atoms with Crippen LogP contribution in [0.4, 0.5) is 26.7 Å². The Morgan fingerprint density at radius 1 is 0.823 bits per heavy atom. The molecule has 0 spiro atoms. The third-order valence-electron chi connectivity index (χ3n) is 13.9. The number of urea groups is 1. The van der Waals surface area contributed by atoms with Crippen molar-refractivity contribution in [3.05, 3.63) is 120 Å². The lowest BCUT2D eigenvalue weighted by Crippen LogP contribution is -2.52. The number of imide groups is 1. The summed E-state index contributed by atoms with van der Waals surface area (Å²) in [6, 6.07) is 19.7. The number of aromatic nitrogens is 1. The number of fused-ring (bicyclic) bond motifs is 4. The number of ether oxygens (including phenoxy) is 1. The summed E-state index contributed by atoms with van der Waals surface area (Å²) in [5.41, 5.74) is 9.18. The Kier molecular flexibility index (Phi) is 18.4. The zero-order chi connectivity index (χ0) is 56.3. The van der Waals surface area contributed by atoms with E-state index in [1.807, 2.05) is 31.3 Å². The molecule has 0 radical (unpaired) electrons. The average Bonchev–Trinajstić information content (AvgIpc) is 4.36. The van der Waals surface area contributed by atoms with Crippen LogP contribution in [0.25, 0.3) is 21.7 Å². The molecule has 4 heterocycles. The normalized spacial score (nSPS) is 15.9. The van der Waals surface area contributed by atoms with Crippen molar-refractivity contribution in [2.75, 3.05) is 87.4 Å². The molecule has 3 aliphatic rings. The Hall–Kier alpha value is -8.60. The highest BCUT2D eigenvalue weighted by molar-refractivity contribution is 6.19. The molecule has 10 amide bonds. The Labute approximate surface area is 460 Å². The largest absolute Gasteiger partial charge is 0.415 e. The summed E-state index contributed by atoms with van der Waals surface area (Å²) in [5.74, 6) is -2.61. The number of anilines is 3. The molecule has 1 aromatic heterocycles. The SMILES string of the molecule is C=C(C)[C@H](NCCNC(=O)CCCN1C(=O)C=CC1=O)C(=O)N[C@@H](CCCNC(N)=O)C(=O)Nc1ccc(C(=O)Nc2ccc3[nH]c(C(=O)N4C[C@@H](CCl)c5c4cc(OC(=O)N4CCN(C)CC4)c4ccccc54)cc3c2)cc1. The van der Waals surface area contributed by atoms with E-state index in [0.29, 0.717) is 64.6 Å². The van der Waals surface area contributed by atoms with Crippen molar-refractivity contribution < 1.29 is 47.9 Å². The number of H-pyrrole nitrogens is 1. The fourth-order valence-corrected chi connectivity index (χ4v) is 9.91. The van der Waals surface area contributed by atoms with Crippen LogP contribution < -0.4 is 47.3 Å². The fraction of sp³-hybridized carbons (Fsp3) is 0.339. The first kappa shape index (κ1) is 56.6. The lowest BCUT2D eigenvalue weighted by Gasteiger charge is -2.31. The summed E-state index contributed by atoms with van der Waals surface area (Å²) in [4.78, 5) is 126. The topological polar surface area (TPSA) is 290 Å². The predicted molar refractivity (Wildman–Crippen MR) is 299 cm³/mol. The summed E-state index contributed by atoms with van der Waals surface area (Å²) >= 11 is 6.56. The molecular weight excluding hydrogens is 1040 g/mol. The van der Waals surface area contributed by atoms with Gasteiger partial charge in [0, 0.05) is 129 Å². The number of benzene rings is 4. The van der Waals surface area contributed by atoms with Crippen LogP contribution in [0.15, 0.2) is 103 Å². The molecule has 4 aromatic carbocycles. The van der Waals surface area contributed by atoms with Crippen molar-refractivity contribution in [3.8, 4) is 5.75 Å². The number of carbonyl (C=O) groups excluding carboxylic acids is 9. The van der Waals surface area contributed by atoms with Gasteiger partial charge in [-0.3, -0.25) is 38.5 Å². The molecule has 0 bridgehead atoms. The van der Waals surface area contributed by atoms with Gasteiger partial charge in [0.2, 0.25) is 17.7 Å². The van der Waals surface area contributed by atoms with Crippen LogP contribution in [0.3, 0.4) is 0 Å². The van der Waals surface area contributed by atoms with E-state index in [0.717, 1.165) is 34.3 Å². The number of hydrogen-bond acceptors (Lipinski definition) is 12. The number of rotatable bonds is 22. The highest BCUT2D eigenvalue weighted by atomic mass is 35.5. The number of halogens is 1. The maximum Gasteiger partial charge on any atom is 0.415 e. The van der Waals surface area contributed by atoms with Gasteiger partial charge in [0.15, 0.2) is 0 Å². The van der Waals surface area contributed by atoms with Crippen molar-refractivity contribution in [1.29, 1.82) is 0 Å². The minimum atomic E-state index is -1.08. The predicted octanol–water partition coefficient (Wildman–Crippen LogP) is 4.53. The van der Waals surface area contributed by atoms with Crippen LogP contribution in [-0.4, -0.2) is 157 Å². The van der Waals surface area contributed by atoms with Crippen LogP contribution in [-0.2, 0) is 24.0 Å². The van der Waals surface area contributed by atoms with Crippen LogP contribution in [0.2, 0.25) is 0 Å². The van der Waals surface area contributed by atoms with E-state index in [-0.39, 0.29) is 81.0 Å². The minimum absolute atomic E-state index is 0.0754. The second-order valence-corrected chi connectivity index (χ2v) is 19.9. The van der Waals surface area contributed by atoms with E-state index in [4.69, 9.17) is 22.1 Å². The third-order valence-corrected chi connectivity index (χ3v) is 14.3. The molecule has 23 heteroatoms.